The highest BCUT2D eigenvalue weighted by molar-refractivity contribution is 5.70. The first kappa shape index (κ1) is 15.0. The Morgan fingerprint density at radius 3 is 2.84 bits per heavy atom. The average molecular weight is 332 g/mol. The summed E-state index contributed by atoms with van der Waals surface area (Å²) in [6.45, 7) is 2.28. The topological polar surface area (TPSA) is 21.8 Å². The van der Waals surface area contributed by atoms with Gasteiger partial charge >= 0.3 is 0 Å². The lowest BCUT2D eigenvalue weighted by Gasteiger charge is -2.44. The molecule has 4 aliphatic rings. The molecule has 2 unspecified atom stereocenters. The van der Waals surface area contributed by atoms with Crippen LogP contribution in [-0.2, 0) is 0 Å². The summed E-state index contributed by atoms with van der Waals surface area (Å²) in [5, 5.41) is 2.44. The van der Waals surface area contributed by atoms with Gasteiger partial charge in [-0.25, -0.2) is 10.4 Å². The van der Waals surface area contributed by atoms with E-state index in [1.165, 1.54) is 29.7 Å². The molecule has 1 N–H and O–H groups in total. The average Bonchev–Trinajstić information content (AvgIpc) is 3.17. The predicted molar refractivity (Wildman–Crippen MR) is 102 cm³/mol. The van der Waals surface area contributed by atoms with Gasteiger partial charge in [0.05, 0.1) is 0 Å². The molecule has 0 radical (unpaired) electrons. The van der Waals surface area contributed by atoms with Crippen molar-refractivity contribution < 1.29 is 0 Å². The lowest BCUT2D eigenvalue weighted by atomic mass is 10.0. The van der Waals surface area contributed by atoms with Crippen molar-refractivity contribution in [1.82, 2.24) is 15.3 Å². The van der Waals surface area contributed by atoms with Crippen molar-refractivity contribution in [1.29, 1.82) is 0 Å². The van der Waals surface area contributed by atoms with E-state index in [1.807, 2.05) is 0 Å². The fourth-order valence-electron chi connectivity index (χ4n) is 4.23. The molecular weight excluding hydrogens is 308 g/mol. The van der Waals surface area contributed by atoms with Gasteiger partial charge in [0.2, 0.25) is 0 Å². The number of hydrogen-bond acceptors (Lipinski definition) is 4. The number of nitrogens with one attached hydrogen (secondary N) is 1. The van der Waals surface area contributed by atoms with Crippen LogP contribution in [0.2, 0.25) is 0 Å². The number of benzene rings is 1. The molecule has 2 fully saturated rings. The molecule has 0 aromatic heterocycles. The van der Waals surface area contributed by atoms with Crippen LogP contribution in [0.25, 0.3) is 5.57 Å². The van der Waals surface area contributed by atoms with Gasteiger partial charge in [0, 0.05) is 37.2 Å². The van der Waals surface area contributed by atoms with Crippen molar-refractivity contribution in [3.63, 3.8) is 0 Å². The minimum absolute atomic E-state index is 0.211. The van der Waals surface area contributed by atoms with Gasteiger partial charge in [-0.3, -0.25) is 0 Å². The Morgan fingerprint density at radius 1 is 1.00 bits per heavy atom. The number of allylic oxidation sites excluding steroid dienone is 6. The van der Waals surface area contributed by atoms with Crippen LogP contribution in [0.3, 0.4) is 0 Å². The molecule has 5 rings (SSSR count). The predicted octanol–water partition coefficient (Wildman–Crippen LogP) is 3.45. The highest BCUT2D eigenvalue weighted by Gasteiger charge is 2.39. The van der Waals surface area contributed by atoms with Crippen LogP contribution in [-0.4, -0.2) is 35.3 Å². The first-order valence-corrected chi connectivity index (χ1v) is 9.26. The highest BCUT2D eigenvalue weighted by atomic mass is 15.7. The Hall–Kier alpha value is -2.30. The third-order valence-corrected chi connectivity index (χ3v) is 5.61. The smallest absolute Gasteiger partial charge is 0.174 e. The summed E-state index contributed by atoms with van der Waals surface area (Å²) < 4.78 is 0. The van der Waals surface area contributed by atoms with E-state index in [0.29, 0.717) is 6.04 Å². The maximum absolute atomic E-state index is 3.71. The minimum atomic E-state index is 0.211. The van der Waals surface area contributed by atoms with E-state index in [1.54, 1.807) is 0 Å². The van der Waals surface area contributed by atoms with E-state index in [0.717, 1.165) is 19.5 Å². The molecule has 0 spiro atoms. The van der Waals surface area contributed by atoms with Crippen LogP contribution in [0.1, 0.15) is 24.8 Å². The van der Waals surface area contributed by atoms with Crippen LogP contribution in [0, 0.1) is 0 Å². The SMILES string of the molecule is C1=CC=C(c2ccc(N3C=CN4CC5CCCN5NC43)cc2)CC=C1. The number of rotatable bonds is 2. The van der Waals surface area contributed by atoms with Gasteiger partial charge in [0.15, 0.2) is 6.29 Å². The van der Waals surface area contributed by atoms with Crippen molar-refractivity contribution in [3.05, 3.63) is 72.6 Å². The Balaban J connectivity index is 1.35. The molecule has 1 aromatic carbocycles. The molecule has 1 aliphatic carbocycles. The second-order valence-electron chi connectivity index (χ2n) is 7.15. The van der Waals surface area contributed by atoms with Gasteiger partial charge in [-0.2, -0.15) is 0 Å². The molecule has 3 heterocycles. The molecule has 0 saturated carbocycles. The lowest BCUT2D eigenvalue weighted by Crippen LogP contribution is -2.64. The second kappa shape index (κ2) is 6.21. The molecule has 0 bridgehead atoms. The van der Waals surface area contributed by atoms with Gasteiger partial charge in [-0.05, 0) is 42.5 Å². The van der Waals surface area contributed by atoms with Crippen LogP contribution in [0.4, 0.5) is 5.69 Å². The van der Waals surface area contributed by atoms with Gasteiger partial charge in [0.25, 0.3) is 0 Å². The number of nitrogens with zero attached hydrogens (tertiary/aromatic N) is 3. The normalized spacial score (nSPS) is 28.1. The summed E-state index contributed by atoms with van der Waals surface area (Å²) in [5.74, 6) is 0. The second-order valence-corrected chi connectivity index (χ2v) is 7.15. The molecule has 0 amide bonds. The van der Waals surface area contributed by atoms with E-state index in [-0.39, 0.29) is 6.29 Å². The maximum Gasteiger partial charge on any atom is 0.174 e. The molecule has 3 aliphatic heterocycles. The lowest BCUT2D eigenvalue weighted by molar-refractivity contribution is 0.0214. The molecule has 1 aromatic rings. The monoisotopic (exact) mass is 332 g/mol. The van der Waals surface area contributed by atoms with Gasteiger partial charge in [-0.1, -0.05) is 42.5 Å². The van der Waals surface area contributed by atoms with Crippen molar-refractivity contribution in [2.75, 3.05) is 18.0 Å². The number of anilines is 1. The van der Waals surface area contributed by atoms with E-state index in [9.17, 15) is 0 Å². The summed E-state index contributed by atoms with van der Waals surface area (Å²) in [7, 11) is 0. The van der Waals surface area contributed by atoms with Crippen LogP contribution < -0.4 is 10.3 Å². The van der Waals surface area contributed by atoms with E-state index >= 15 is 0 Å². The van der Waals surface area contributed by atoms with Crippen molar-refractivity contribution in [2.24, 2.45) is 0 Å². The summed E-state index contributed by atoms with van der Waals surface area (Å²) in [6, 6.07) is 9.62. The third-order valence-electron chi connectivity index (χ3n) is 5.61. The quantitative estimate of drug-likeness (QED) is 0.895. The molecule has 128 valence electrons. The molecule has 4 heteroatoms. The fourth-order valence-corrected chi connectivity index (χ4v) is 4.23. The van der Waals surface area contributed by atoms with E-state index in [4.69, 9.17) is 0 Å². The Morgan fingerprint density at radius 2 is 1.92 bits per heavy atom. The molecule has 4 nitrogen and oxygen atoms in total. The molecule has 25 heavy (non-hydrogen) atoms. The largest absolute Gasteiger partial charge is 0.341 e. The Kier molecular flexibility index (Phi) is 3.72. The van der Waals surface area contributed by atoms with Crippen molar-refractivity contribution in [3.8, 4) is 0 Å². The van der Waals surface area contributed by atoms with Gasteiger partial charge < -0.3 is 9.80 Å². The summed E-state index contributed by atoms with van der Waals surface area (Å²) in [6.07, 6.45) is 19.0. The summed E-state index contributed by atoms with van der Waals surface area (Å²) >= 11 is 0. The fraction of sp³-hybridized carbons (Fsp3) is 0.333. The number of hydrazine groups is 1. The van der Waals surface area contributed by atoms with Crippen LogP contribution in [0.5, 0.6) is 0 Å². The van der Waals surface area contributed by atoms with Gasteiger partial charge in [-0.15, -0.1) is 0 Å². The van der Waals surface area contributed by atoms with Crippen LogP contribution in [0.15, 0.2) is 67.0 Å². The first-order chi connectivity index (χ1) is 12.4. The van der Waals surface area contributed by atoms with Gasteiger partial charge in [0.1, 0.15) is 0 Å². The zero-order valence-corrected chi connectivity index (χ0v) is 14.4. The highest BCUT2D eigenvalue weighted by Crippen LogP contribution is 2.31. The number of fused-ring (bicyclic) bond motifs is 2. The summed E-state index contributed by atoms with van der Waals surface area (Å²) in [5.41, 5.74) is 7.61. The first-order valence-electron chi connectivity index (χ1n) is 9.26. The zero-order valence-electron chi connectivity index (χ0n) is 14.4. The maximum atomic E-state index is 3.71. The molecular formula is C21H24N4. The van der Waals surface area contributed by atoms with Crippen LogP contribution >= 0.6 is 0 Å². The summed E-state index contributed by atoms with van der Waals surface area (Å²) in [4.78, 5) is 4.75. The minimum Gasteiger partial charge on any atom is -0.341 e. The molecule has 2 saturated heterocycles. The van der Waals surface area contributed by atoms with Crippen molar-refractivity contribution >= 4 is 11.3 Å². The standard InChI is InChI=1S/C21H24N4/c1-2-4-7-17(6-3-1)18-9-11-19(12-10-18)24-15-14-23-16-20-8-5-13-25(20)22-21(23)24/h1-4,6,9-12,14-15,20-22H,5,7-8,13,16H2. The van der Waals surface area contributed by atoms with Crippen molar-refractivity contribution in [2.45, 2.75) is 31.6 Å². The number of hydrogen-bond donors (Lipinski definition) is 1. The van der Waals surface area contributed by atoms with E-state index in [2.05, 4.69) is 87.3 Å². The zero-order chi connectivity index (χ0) is 16.6. The third kappa shape index (κ3) is 2.71. The molecule has 2 atom stereocenters. The van der Waals surface area contributed by atoms with E-state index < -0.39 is 0 Å². The Labute approximate surface area is 149 Å². The Bertz CT molecular complexity index is 759.